The summed E-state index contributed by atoms with van der Waals surface area (Å²) >= 11 is 0. The Kier molecular flexibility index (Phi) is 3.81. The van der Waals surface area contributed by atoms with E-state index in [0.717, 1.165) is 5.69 Å². The number of rotatable bonds is 5. The van der Waals surface area contributed by atoms with Crippen molar-refractivity contribution in [3.8, 4) is 5.95 Å². The third-order valence-electron chi connectivity index (χ3n) is 2.80. The maximum Gasteiger partial charge on any atom is 0.253 e. The molecule has 22 heavy (non-hydrogen) atoms. The zero-order chi connectivity index (χ0) is 15.4. The highest BCUT2D eigenvalue weighted by atomic mass is 16.1. The predicted molar refractivity (Wildman–Crippen MR) is 74.9 cm³/mol. The van der Waals surface area contributed by atoms with Crippen molar-refractivity contribution in [1.82, 2.24) is 39.7 Å². The molecule has 0 aromatic carbocycles. The zero-order valence-corrected chi connectivity index (χ0v) is 11.8. The van der Waals surface area contributed by atoms with E-state index in [9.17, 15) is 4.79 Å². The Balaban J connectivity index is 1.64. The summed E-state index contributed by atoms with van der Waals surface area (Å²) in [6.07, 6.45) is 7.03. The Morgan fingerprint density at radius 1 is 1.27 bits per heavy atom. The number of carbonyl (C=O) groups excluding carboxylic acids is 1. The minimum Gasteiger partial charge on any atom is -0.294 e. The molecule has 3 rings (SSSR count). The first-order valence-electron chi connectivity index (χ1n) is 6.55. The van der Waals surface area contributed by atoms with E-state index < -0.39 is 0 Å². The standard InChI is InChI=1S/C12H13N9O/c1-20-7-9(18-19-20)3-4-10(22)17-12-15-8-16-21(12)11-13-5-2-6-14-11/h2,5-8H,3-4H2,1H3,(H,15,16,17,22). The molecule has 1 amide bonds. The molecule has 0 atom stereocenters. The second kappa shape index (κ2) is 6.08. The second-order valence-electron chi connectivity index (χ2n) is 4.48. The van der Waals surface area contributed by atoms with Gasteiger partial charge in [-0.25, -0.2) is 9.97 Å². The van der Waals surface area contributed by atoms with Crippen LogP contribution in [-0.4, -0.2) is 45.6 Å². The number of nitrogens with zero attached hydrogens (tertiary/aromatic N) is 8. The van der Waals surface area contributed by atoms with E-state index in [2.05, 4.69) is 35.7 Å². The van der Waals surface area contributed by atoms with Crippen LogP contribution in [0.15, 0.2) is 31.0 Å². The highest BCUT2D eigenvalue weighted by Gasteiger charge is 2.12. The van der Waals surface area contributed by atoms with Gasteiger partial charge in [0.2, 0.25) is 11.9 Å². The van der Waals surface area contributed by atoms with E-state index in [1.54, 1.807) is 36.4 Å². The quantitative estimate of drug-likeness (QED) is 0.690. The molecule has 0 aliphatic carbocycles. The van der Waals surface area contributed by atoms with Crippen LogP contribution in [0.1, 0.15) is 12.1 Å². The summed E-state index contributed by atoms with van der Waals surface area (Å²) in [5, 5.41) is 14.4. The fourth-order valence-electron chi connectivity index (χ4n) is 1.81. The van der Waals surface area contributed by atoms with Crippen molar-refractivity contribution in [1.29, 1.82) is 0 Å². The average Bonchev–Trinajstić information content (AvgIpc) is 3.15. The van der Waals surface area contributed by atoms with Crippen LogP contribution in [0.2, 0.25) is 0 Å². The van der Waals surface area contributed by atoms with Crippen LogP contribution < -0.4 is 5.32 Å². The molecule has 1 N–H and O–H groups in total. The Morgan fingerprint density at radius 3 is 2.82 bits per heavy atom. The van der Waals surface area contributed by atoms with Crippen LogP contribution in [0.25, 0.3) is 5.95 Å². The molecule has 0 saturated heterocycles. The summed E-state index contributed by atoms with van der Waals surface area (Å²) in [4.78, 5) is 24.1. The van der Waals surface area contributed by atoms with Crippen molar-refractivity contribution in [2.24, 2.45) is 7.05 Å². The van der Waals surface area contributed by atoms with E-state index >= 15 is 0 Å². The van der Waals surface area contributed by atoms with Gasteiger partial charge >= 0.3 is 0 Å². The lowest BCUT2D eigenvalue weighted by atomic mass is 10.2. The Hall–Kier alpha value is -3.17. The van der Waals surface area contributed by atoms with Crippen molar-refractivity contribution in [2.75, 3.05) is 5.32 Å². The van der Waals surface area contributed by atoms with Crippen molar-refractivity contribution >= 4 is 11.9 Å². The number of aryl methyl sites for hydroxylation is 2. The molecule has 0 aliphatic rings. The van der Waals surface area contributed by atoms with E-state index in [4.69, 9.17) is 0 Å². The Morgan fingerprint density at radius 2 is 2.09 bits per heavy atom. The van der Waals surface area contributed by atoms with Gasteiger partial charge in [0.25, 0.3) is 5.95 Å². The summed E-state index contributed by atoms with van der Waals surface area (Å²) in [5.41, 5.74) is 0.755. The van der Waals surface area contributed by atoms with Gasteiger partial charge in [0.15, 0.2) is 0 Å². The number of hydrogen-bond donors (Lipinski definition) is 1. The molecule has 112 valence electrons. The van der Waals surface area contributed by atoms with E-state index in [1.165, 1.54) is 11.0 Å². The highest BCUT2D eigenvalue weighted by Crippen LogP contribution is 2.07. The summed E-state index contributed by atoms with van der Waals surface area (Å²) < 4.78 is 2.96. The molecule has 0 unspecified atom stereocenters. The van der Waals surface area contributed by atoms with Crippen LogP contribution in [0.4, 0.5) is 5.95 Å². The average molecular weight is 299 g/mol. The Labute approximate surface area is 125 Å². The SMILES string of the molecule is Cn1cc(CCC(=O)Nc2ncnn2-c2ncccn2)nn1. The second-order valence-corrected chi connectivity index (χ2v) is 4.48. The highest BCUT2D eigenvalue weighted by molar-refractivity contribution is 5.89. The van der Waals surface area contributed by atoms with Gasteiger partial charge in [-0.2, -0.15) is 14.8 Å². The third-order valence-corrected chi connectivity index (χ3v) is 2.80. The van der Waals surface area contributed by atoms with Crippen LogP contribution >= 0.6 is 0 Å². The Bertz CT molecular complexity index is 764. The molecule has 3 aromatic heterocycles. The maximum atomic E-state index is 12.0. The van der Waals surface area contributed by atoms with Crippen molar-refractivity contribution < 1.29 is 4.79 Å². The molecular weight excluding hydrogens is 286 g/mol. The first-order valence-corrected chi connectivity index (χ1v) is 6.55. The molecule has 0 spiro atoms. The van der Waals surface area contributed by atoms with E-state index in [1.807, 2.05) is 0 Å². The van der Waals surface area contributed by atoms with Crippen LogP contribution in [0.5, 0.6) is 0 Å². The maximum absolute atomic E-state index is 12.0. The molecule has 0 saturated carbocycles. The van der Waals surface area contributed by atoms with Gasteiger partial charge in [-0.3, -0.25) is 14.8 Å². The third kappa shape index (κ3) is 3.11. The number of aromatic nitrogens is 8. The predicted octanol–water partition coefficient (Wildman–Crippen LogP) is -0.243. The monoisotopic (exact) mass is 299 g/mol. The zero-order valence-electron chi connectivity index (χ0n) is 11.8. The minimum absolute atomic E-state index is 0.198. The molecule has 3 heterocycles. The molecule has 3 aromatic rings. The van der Waals surface area contributed by atoms with Gasteiger partial charge in [-0.05, 0) is 6.07 Å². The minimum atomic E-state index is -0.198. The van der Waals surface area contributed by atoms with Gasteiger partial charge in [-0.1, -0.05) is 5.21 Å². The van der Waals surface area contributed by atoms with E-state index in [0.29, 0.717) is 12.4 Å². The van der Waals surface area contributed by atoms with E-state index in [-0.39, 0.29) is 18.3 Å². The van der Waals surface area contributed by atoms with Crippen LogP contribution in [-0.2, 0) is 18.3 Å². The largest absolute Gasteiger partial charge is 0.294 e. The normalized spacial score (nSPS) is 10.6. The molecule has 0 bridgehead atoms. The summed E-state index contributed by atoms with van der Waals surface area (Å²) in [5.74, 6) is 0.412. The van der Waals surface area contributed by atoms with Crippen LogP contribution in [0.3, 0.4) is 0 Å². The van der Waals surface area contributed by atoms with Gasteiger partial charge in [0.1, 0.15) is 6.33 Å². The summed E-state index contributed by atoms with van der Waals surface area (Å²) in [6.45, 7) is 0. The lowest BCUT2D eigenvalue weighted by Gasteiger charge is -2.05. The van der Waals surface area contributed by atoms with Crippen LogP contribution in [0, 0.1) is 0 Å². The summed E-state index contributed by atoms with van der Waals surface area (Å²) in [7, 11) is 1.78. The van der Waals surface area contributed by atoms with Gasteiger partial charge in [0.05, 0.1) is 5.69 Å². The lowest BCUT2D eigenvalue weighted by Crippen LogP contribution is -2.17. The van der Waals surface area contributed by atoms with Crippen molar-refractivity contribution in [3.63, 3.8) is 0 Å². The number of nitrogens with one attached hydrogen (secondary N) is 1. The van der Waals surface area contributed by atoms with Crippen molar-refractivity contribution in [3.05, 3.63) is 36.7 Å². The lowest BCUT2D eigenvalue weighted by molar-refractivity contribution is -0.116. The fraction of sp³-hybridized carbons (Fsp3) is 0.250. The first kappa shape index (κ1) is 13.8. The molecule has 10 heteroatoms. The molecule has 0 fully saturated rings. The smallest absolute Gasteiger partial charge is 0.253 e. The number of hydrogen-bond acceptors (Lipinski definition) is 7. The molecule has 10 nitrogen and oxygen atoms in total. The fourth-order valence-corrected chi connectivity index (χ4v) is 1.81. The molecule has 0 aliphatic heterocycles. The van der Waals surface area contributed by atoms with Gasteiger partial charge < -0.3 is 0 Å². The number of amides is 1. The molecular formula is C12H13N9O. The number of carbonyl (C=O) groups is 1. The van der Waals surface area contributed by atoms with Gasteiger partial charge in [-0.15, -0.1) is 5.10 Å². The topological polar surface area (TPSA) is 116 Å². The number of anilines is 1. The first-order chi connectivity index (χ1) is 10.7. The van der Waals surface area contributed by atoms with Crippen molar-refractivity contribution in [2.45, 2.75) is 12.8 Å². The van der Waals surface area contributed by atoms with Gasteiger partial charge in [0, 0.05) is 38.5 Å². The molecule has 0 radical (unpaired) electrons. The summed E-state index contributed by atoms with van der Waals surface area (Å²) in [6, 6.07) is 1.69.